The normalized spacial score (nSPS) is 18.6. The molecule has 0 spiro atoms. The van der Waals surface area contributed by atoms with Crippen molar-refractivity contribution >= 4 is 0 Å². The van der Waals surface area contributed by atoms with Gasteiger partial charge < -0.3 is 5.32 Å². The molecule has 1 nitrogen and oxygen atoms in total. The van der Waals surface area contributed by atoms with E-state index in [1.54, 1.807) is 0 Å². The van der Waals surface area contributed by atoms with Crippen molar-refractivity contribution in [3.8, 4) is 0 Å². The molecular formula is C19H39N. The van der Waals surface area contributed by atoms with Crippen molar-refractivity contribution in [1.82, 2.24) is 5.32 Å². The molecule has 0 heterocycles. The van der Waals surface area contributed by atoms with E-state index in [0.29, 0.717) is 0 Å². The Balaban J connectivity index is 2.31. The lowest BCUT2D eigenvalue weighted by Crippen LogP contribution is -2.41. The van der Waals surface area contributed by atoms with Crippen LogP contribution in [0.3, 0.4) is 0 Å². The van der Waals surface area contributed by atoms with E-state index in [4.69, 9.17) is 0 Å². The Morgan fingerprint density at radius 2 is 1.40 bits per heavy atom. The Kier molecular flexibility index (Phi) is 10.4. The highest BCUT2D eigenvalue weighted by Gasteiger charge is 2.22. The second-order valence-electron chi connectivity index (χ2n) is 7.04. The predicted octanol–water partition coefficient (Wildman–Crippen LogP) is 6.07. The number of hydrogen-bond acceptors (Lipinski definition) is 1. The van der Waals surface area contributed by atoms with Gasteiger partial charge in [0.2, 0.25) is 0 Å². The molecule has 0 unspecified atom stereocenters. The first-order chi connectivity index (χ1) is 9.77. The molecule has 0 aromatic heterocycles. The van der Waals surface area contributed by atoms with E-state index in [9.17, 15) is 0 Å². The van der Waals surface area contributed by atoms with Crippen LogP contribution in [0.4, 0.5) is 0 Å². The van der Waals surface area contributed by atoms with Gasteiger partial charge >= 0.3 is 0 Å². The molecule has 120 valence electrons. The van der Waals surface area contributed by atoms with Crippen LogP contribution in [0.2, 0.25) is 0 Å². The molecular weight excluding hydrogens is 242 g/mol. The summed E-state index contributed by atoms with van der Waals surface area (Å²) in [6.07, 6.45) is 18.5. The van der Waals surface area contributed by atoms with Gasteiger partial charge in [0, 0.05) is 12.1 Å². The maximum absolute atomic E-state index is 4.00. The lowest BCUT2D eigenvalue weighted by atomic mass is 9.84. The van der Waals surface area contributed by atoms with Gasteiger partial charge in [0.25, 0.3) is 0 Å². The van der Waals surface area contributed by atoms with Gasteiger partial charge in [0.05, 0.1) is 0 Å². The summed E-state index contributed by atoms with van der Waals surface area (Å²) in [6, 6.07) is 1.52. The second kappa shape index (κ2) is 11.6. The van der Waals surface area contributed by atoms with Gasteiger partial charge in [-0.3, -0.25) is 0 Å². The molecule has 1 saturated carbocycles. The highest BCUT2D eigenvalue weighted by atomic mass is 14.9. The van der Waals surface area contributed by atoms with Crippen LogP contribution >= 0.6 is 0 Å². The van der Waals surface area contributed by atoms with Gasteiger partial charge in [-0.15, -0.1) is 0 Å². The predicted molar refractivity (Wildman–Crippen MR) is 91.2 cm³/mol. The van der Waals surface area contributed by atoms with Gasteiger partial charge in [-0.2, -0.15) is 0 Å². The van der Waals surface area contributed by atoms with Crippen LogP contribution in [0.5, 0.6) is 0 Å². The Labute approximate surface area is 128 Å². The zero-order valence-corrected chi connectivity index (χ0v) is 14.4. The van der Waals surface area contributed by atoms with E-state index in [1.165, 1.54) is 83.5 Å². The van der Waals surface area contributed by atoms with Crippen LogP contribution in [0, 0.1) is 5.92 Å². The summed E-state index contributed by atoms with van der Waals surface area (Å²) in [4.78, 5) is 0. The van der Waals surface area contributed by atoms with Crippen LogP contribution < -0.4 is 5.32 Å². The average Bonchev–Trinajstić information content (AvgIpc) is 2.48. The summed E-state index contributed by atoms with van der Waals surface area (Å²) in [6.45, 7) is 7.07. The van der Waals surface area contributed by atoms with Gasteiger partial charge in [0.1, 0.15) is 0 Å². The molecule has 1 fully saturated rings. The minimum Gasteiger partial charge on any atom is -0.311 e. The van der Waals surface area contributed by atoms with Crippen molar-refractivity contribution in [2.75, 3.05) is 0 Å². The molecule has 0 radical (unpaired) electrons. The van der Waals surface area contributed by atoms with Crippen molar-refractivity contribution < 1.29 is 0 Å². The summed E-state index contributed by atoms with van der Waals surface area (Å²) >= 11 is 0. The number of hydrogen-bond donors (Lipinski definition) is 1. The largest absolute Gasteiger partial charge is 0.311 e. The van der Waals surface area contributed by atoms with Crippen LogP contribution in [0.15, 0.2) is 0 Å². The van der Waals surface area contributed by atoms with Crippen LogP contribution in [-0.4, -0.2) is 12.1 Å². The third-order valence-corrected chi connectivity index (χ3v) is 5.17. The quantitative estimate of drug-likeness (QED) is 0.453. The van der Waals surface area contributed by atoms with Crippen LogP contribution in [-0.2, 0) is 0 Å². The molecule has 0 aliphatic heterocycles. The van der Waals surface area contributed by atoms with E-state index < -0.39 is 0 Å². The van der Waals surface area contributed by atoms with Gasteiger partial charge in [-0.25, -0.2) is 0 Å². The maximum Gasteiger partial charge on any atom is 0.00696 e. The molecule has 0 aromatic rings. The van der Waals surface area contributed by atoms with Crippen molar-refractivity contribution in [2.24, 2.45) is 5.92 Å². The van der Waals surface area contributed by atoms with Crippen molar-refractivity contribution in [3.05, 3.63) is 0 Å². The van der Waals surface area contributed by atoms with E-state index >= 15 is 0 Å². The van der Waals surface area contributed by atoms with Crippen LogP contribution in [0.1, 0.15) is 104 Å². The minimum absolute atomic E-state index is 0.739. The highest BCUT2D eigenvalue weighted by Crippen LogP contribution is 2.27. The molecule has 1 N–H and O–H groups in total. The fourth-order valence-corrected chi connectivity index (χ4v) is 3.73. The lowest BCUT2D eigenvalue weighted by molar-refractivity contribution is 0.252. The first-order valence-corrected chi connectivity index (χ1v) is 9.54. The van der Waals surface area contributed by atoms with Gasteiger partial charge in [-0.05, 0) is 38.5 Å². The fraction of sp³-hybridized carbons (Fsp3) is 1.00. The third-order valence-electron chi connectivity index (χ3n) is 5.17. The zero-order valence-electron chi connectivity index (χ0n) is 14.4. The summed E-state index contributed by atoms with van der Waals surface area (Å²) in [5.41, 5.74) is 0. The van der Waals surface area contributed by atoms with E-state index in [0.717, 1.165) is 18.0 Å². The minimum atomic E-state index is 0.739. The molecule has 0 bridgehead atoms. The molecule has 20 heavy (non-hydrogen) atoms. The highest BCUT2D eigenvalue weighted by molar-refractivity contribution is 4.79. The average molecular weight is 282 g/mol. The molecule has 0 saturated heterocycles. The van der Waals surface area contributed by atoms with Crippen molar-refractivity contribution in [3.63, 3.8) is 0 Å². The Hall–Kier alpha value is -0.0400. The molecule has 1 rings (SSSR count). The van der Waals surface area contributed by atoms with E-state index in [1.807, 2.05) is 0 Å². The number of rotatable bonds is 11. The standard InChI is InChI=1S/C19H39N/c1-4-6-9-15-19(16-10-7-5-2)20-17(3)18-13-11-8-12-14-18/h17-20H,4-16H2,1-3H3/t17-/m1/s1. The SMILES string of the molecule is CCCCCC(CCCCC)N[C@H](C)C1CCCCC1. The third kappa shape index (κ3) is 7.67. The zero-order chi connectivity index (χ0) is 14.6. The Morgan fingerprint density at radius 1 is 0.850 bits per heavy atom. The van der Waals surface area contributed by atoms with E-state index in [2.05, 4.69) is 26.1 Å². The summed E-state index contributed by atoms with van der Waals surface area (Å²) in [5, 5.41) is 4.00. The molecule has 1 atom stereocenters. The summed E-state index contributed by atoms with van der Waals surface area (Å²) in [5.74, 6) is 0.948. The topological polar surface area (TPSA) is 12.0 Å². The second-order valence-corrected chi connectivity index (χ2v) is 7.04. The number of unbranched alkanes of at least 4 members (excludes halogenated alkanes) is 4. The Morgan fingerprint density at radius 3 is 1.90 bits per heavy atom. The molecule has 0 amide bonds. The van der Waals surface area contributed by atoms with Gasteiger partial charge in [-0.1, -0.05) is 71.6 Å². The number of nitrogens with one attached hydrogen (secondary N) is 1. The summed E-state index contributed by atoms with van der Waals surface area (Å²) in [7, 11) is 0. The monoisotopic (exact) mass is 281 g/mol. The van der Waals surface area contributed by atoms with Gasteiger partial charge in [0.15, 0.2) is 0 Å². The first kappa shape index (κ1) is 18.0. The Bertz CT molecular complexity index is 198. The van der Waals surface area contributed by atoms with E-state index in [-0.39, 0.29) is 0 Å². The lowest BCUT2D eigenvalue weighted by Gasteiger charge is -2.32. The fourth-order valence-electron chi connectivity index (χ4n) is 3.73. The van der Waals surface area contributed by atoms with Crippen molar-refractivity contribution in [2.45, 2.75) is 116 Å². The molecule has 1 heteroatoms. The molecule has 0 aromatic carbocycles. The first-order valence-electron chi connectivity index (χ1n) is 9.54. The van der Waals surface area contributed by atoms with Crippen LogP contribution in [0.25, 0.3) is 0 Å². The van der Waals surface area contributed by atoms with Crippen molar-refractivity contribution in [1.29, 1.82) is 0 Å². The smallest absolute Gasteiger partial charge is 0.00696 e. The molecule has 1 aliphatic rings. The molecule has 1 aliphatic carbocycles. The maximum atomic E-state index is 4.00. The summed E-state index contributed by atoms with van der Waals surface area (Å²) < 4.78 is 0.